The van der Waals surface area contributed by atoms with Crippen molar-refractivity contribution in [3.8, 4) is 11.5 Å². The number of hydrogen-bond acceptors (Lipinski definition) is 4. The molecule has 0 fully saturated rings. The zero-order chi connectivity index (χ0) is 18.9. The number of methoxy groups -OCH3 is 1. The van der Waals surface area contributed by atoms with E-state index in [9.17, 15) is 9.59 Å². The van der Waals surface area contributed by atoms with Gasteiger partial charge in [0.05, 0.1) is 7.11 Å². The van der Waals surface area contributed by atoms with Gasteiger partial charge >= 0.3 is 0 Å². The fourth-order valence-electron chi connectivity index (χ4n) is 2.47. The highest BCUT2D eigenvalue weighted by Gasteiger charge is 2.25. The fraction of sp³-hybridized carbons (Fsp3) is 0.300. The summed E-state index contributed by atoms with van der Waals surface area (Å²) in [5.41, 5.74) is 0.945. The third-order valence-electron chi connectivity index (χ3n) is 4.03. The molecule has 6 nitrogen and oxygen atoms in total. The highest BCUT2D eigenvalue weighted by molar-refractivity contribution is 5.87. The predicted molar refractivity (Wildman–Crippen MR) is 99.0 cm³/mol. The van der Waals surface area contributed by atoms with E-state index in [2.05, 4.69) is 5.32 Å². The van der Waals surface area contributed by atoms with Gasteiger partial charge in [-0.05, 0) is 36.8 Å². The Morgan fingerprint density at radius 3 is 2.23 bits per heavy atom. The summed E-state index contributed by atoms with van der Waals surface area (Å²) < 4.78 is 10.7. The van der Waals surface area contributed by atoms with Gasteiger partial charge in [0.25, 0.3) is 5.91 Å². The maximum absolute atomic E-state index is 12.7. The van der Waals surface area contributed by atoms with Gasteiger partial charge in [0.15, 0.2) is 6.61 Å². The molecule has 0 bridgehead atoms. The number of nitrogens with zero attached hydrogens (tertiary/aromatic N) is 1. The summed E-state index contributed by atoms with van der Waals surface area (Å²) in [5, 5.41) is 2.58. The topological polar surface area (TPSA) is 67.9 Å². The Hall–Kier alpha value is -3.02. The third kappa shape index (κ3) is 5.24. The van der Waals surface area contributed by atoms with Gasteiger partial charge in [-0.15, -0.1) is 0 Å². The Kier molecular flexibility index (Phi) is 7.02. The molecule has 0 aliphatic carbocycles. The molecule has 0 saturated heterocycles. The van der Waals surface area contributed by atoms with E-state index in [1.54, 1.807) is 45.3 Å². The summed E-state index contributed by atoms with van der Waals surface area (Å²) in [7, 11) is 3.14. The first-order valence-electron chi connectivity index (χ1n) is 8.37. The fourth-order valence-corrected chi connectivity index (χ4v) is 2.47. The van der Waals surface area contributed by atoms with Gasteiger partial charge in [-0.2, -0.15) is 0 Å². The van der Waals surface area contributed by atoms with Crippen LogP contribution in [0.1, 0.15) is 12.5 Å². The number of carbonyl (C=O) groups is 2. The number of hydrogen-bond donors (Lipinski definition) is 1. The van der Waals surface area contributed by atoms with E-state index in [1.807, 2.05) is 30.3 Å². The Morgan fingerprint density at radius 2 is 1.65 bits per heavy atom. The van der Waals surface area contributed by atoms with Gasteiger partial charge in [0.2, 0.25) is 5.91 Å². The van der Waals surface area contributed by atoms with Crippen LogP contribution in [0.15, 0.2) is 54.6 Å². The van der Waals surface area contributed by atoms with E-state index < -0.39 is 6.04 Å². The highest BCUT2D eigenvalue weighted by atomic mass is 16.5. The molecule has 1 N–H and O–H groups in total. The van der Waals surface area contributed by atoms with Crippen LogP contribution in [0.25, 0.3) is 0 Å². The lowest BCUT2D eigenvalue weighted by Gasteiger charge is -2.28. The minimum Gasteiger partial charge on any atom is -0.497 e. The first-order valence-corrected chi connectivity index (χ1v) is 8.37. The quantitative estimate of drug-likeness (QED) is 0.788. The molecule has 0 unspecified atom stereocenters. The van der Waals surface area contributed by atoms with Gasteiger partial charge < -0.3 is 19.7 Å². The van der Waals surface area contributed by atoms with Crippen molar-refractivity contribution >= 4 is 11.8 Å². The Morgan fingerprint density at radius 1 is 1.04 bits per heavy atom. The van der Waals surface area contributed by atoms with Crippen LogP contribution in [0, 0.1) is 0 Å². The lowest BCUT2D eigenvalue weighted by molar-refractivity contribution is -0.142. The van der Waals surface area contributed by atoms with E-state index in [-0.39, 0.29) is 18.4 Å². The number of benzene rings is 2. The monoisotopic (exact) mass is 356 g/mol. The van der Waals surface area contributed by atoms with Crippen LogP contribution in [0.3, 0.4) is 0 Å². The summed E-state index contributed by atoms with van der Waals surface area (Å²) in [6.07, 6.45) is 0. The summed E-state index contributed by atoms with van der Waals surface area (Å²) in [4.78, 5) is 26.2. The number of rotatable bonds is 8. The van der Waals surface area contributed by atoms with E-state index in [0.29, 0.717) is 18.0 Å². The lowest BCUT2D eigenvalue weighted by Crippen LogP contribution is -2.48. The molecule has 0 spiro atoms. The SMILES string of the molecule is CNC(=O)[C@H](C)N(Cc1ccccc1)C(=O)COc1ccc(OC)cc1. The van der Waals surface area contributed by atoms with E-state index >= 15 is 0 Å². The van der Waals surface area contributed by atoms with Crippen LogP contribution >= 0.6 is 0 Å². The summed E-state index contributed by atoms with van der Waals surface area (Å²) in [6.45, 7) is 1.88. The van der Waals surface area contributed by atoms with Crippen LogP contribution in [0.5, 0.6) is 11.5 Å². The van der Waals surface area contributed by atoms with Crippen LogP contribution < -0.4 is 14.8 Å². The van der Waals surface area contributed by atoms with E-state index in [0.717, 1.165) is 5.56 Å². The van der Waals surface area contributed by atoms with Gasteiger partial charge in [-0.1, -0.05) is 30.3 Å². The molecular weight excluding hydrogens is 332 g/mol. The van der Waals surface area contributed by atoms with Gasteiger partial charge in [0, 0.05) is 13.6 Å². The van der Waals surface area contributed by atoms with Crippen LogP contribution in [0.2, 0.25) is 0 Å². The zero-order valence-corrected chi connectivity index (χ0v) is 15.3. The van der Waals surface area contributed by atoms with E-state index in [1.165, 1.54) is 4.90 Å². The smallest absolute Gasteiger partial charge is 0.261 e. The number of nitrogens with one attached hydrogen (secondary N) is 1. The van der Waals surface area contributed by atoms with Crippen molar-refractivity contribution in [2.45, 2.75) is 19.5 Å². The standard InChI is InChI=1S/C20H24N2O4/c1-15(20(24)21-2)22(13-16-7-5-4-6-8-16)19(23)14-26-18-11-9-17(25-3)10-12-18/h4-12,15H,13-14H2,1-3H3,(H,21,24)/t15-/m0/s1. The second kappa shape index (κ2) is 9.46. The van der Waals surface area contributed by atoms with Crippen LogP contribution in [-0.4, -0.2) is 43.5 Å². The molecule has 26 heavy (non-hydrogen) atoms. The lowest BCUT2D eigenvalue weighted by atomic mass is 10.1. The Bertz CT molecular complexity index is 716. The van der Waals surface area contributed by atoms with Crippen molar-refractivity contribution in [1.82, 2.24) is 10.2 Å². The molecule has 2 aromatic carbocycles. The van der Waals surface area contributed by atoms with E-state index in [4.69, 9.17) is 9.47 Å². The first kappa shape index (κ1) is 19.3. The molecular formula is C20H24N2O4. The normalized spacial score (nSPS) is 11.3. The molecule has 0 saturated carbocycles. The predicted octanol–water partition coefficient (Wildman–Crippen LogP) is 2.24. The summed E-state index contributed by atoms with van der Waals surface area (Å²) >= 11 is 0. The Balaban J connectivity index is 2.07. The number of carbonyl (C=O) groups excluding carboxylic acids is 2. The molecule has 0 heterocycles. The van der Waals surface area contributed by atoms with Crippen LogP contribution in [0.4, 0.5) is 0 Å². The maximum atomic E-state index is 12.7. The van der Waals surface area contributed by atoms with Crippen molar-refractivity contribution in [1.29, 1.82) is 0 Å². The van der Waals surface area contributed by atoms with Gasteiger partial charge in [0.1, 0.15) is 17.5 Å². The zero-order valence-electron chi connectivity index (χ0n) is 15.3. The molecule has 2 rings (SSSR count). The molecule has 0 aliphatic rings. The molecule has 2 amide bonds. The average molecular weight is 356 g/mol. The molecule has 0 aromatic heterocycles. The second-order valence-electron chi connectivity index (χ2n) is 5.76. The molecule has 6 heteroatoms. The van der Waals surface area contributed by atoms with Crippen molar-refractivity contribution in [3.05, 3.63) is 60.2 Å². The largest absolute Gasteiger partial charge is 0.497 e. The van der Waals surface area contributed by atoms with Gasteiger partial charge in [-0.3, -0.25) is 9.59 Å². The molecule has 0 radical (unpaired) electrons. The summed E-state index contributed by atoms with van der Waals surface area (Å²) in [6, 6.07) is 15.9. The second-order valence-corrected chi connectivity index (χ2v) is 5.76. The van der Waals surface area contributed by atoms with Crippen molar-refractivity contribution in [2.75, 3.05) is 20.8 Å². The van der Waals surface area contributed by atoms with Crippen molar-refractivity contribution < 1.29 is 19.1 Å². The summed E-state index contributed by atoms with van der Waals surface area (Å²) in [5.74, 6) is 0.786. The van der Waals surface area contributed by atoms with Gasteiger partial charge in [-0.25, -0.2) is 0 Å². The van der Waals surface area contributed by atoms with Crippen LogP contribution in [-0.2, 0) is 16.1 Å². The molecule has 138 valence electrons. The number of ether oxygens (including phenoxy) is 2. The first-order chi connectivity index (χ1) is 12.5. The minimum atomic E-state index is -0.604. The number of amides is 2. The molecule has 2 aromatic rings. The highest BCUT2D eigenvalue weighted by Crippen LogP contribution is 2.17. The number of likely N-dealkylation sites (N-methyl/N-ethyl adjacent to an activating group) is 1. The third-order valence-corrected chi connectivity index (χ3v) is 4.03. The van der Waals surface area contributed by atoms with Crippen molar-refractivity contribution in [2.24, 2.45) is 0 Å². The van der Waals surface area contributed by atoms with Crippen molar-refractivity contribution in [3.63, 3.8) is 0 Å². The average Bonchev–Trinajstić information content (AvgIpc) is 2.70. The maximum Gasteiger partial charge on any atom is 0.261 e. The minimum absolute atomic E-state index is 0.152. The molecule has 0 aliphatic heterocycles. The molecule has 1 atom stereocenters. The Labute approximate surface area is 153 Å².